The Morgan fingerprint density at radius 1 is 1.14 bits per heavy atom. The average molecular weight is 285 g/mol. The molecule has 21 heavy (non-hydrogen) atoms. The van der Waals surface area contributed by atoms with Crippen molar-refractivity contribution in [1.29, 1.82) is 0 Å². The summed E-state index contributed by atoms with van der Waals surface area (Å²) in [5.41, 5.74) is 2.62. The molecule has 2 aliphatic heterocycles. The number of carbonyl (C=O) groups excluding carboxylic acids is 1. The van der Waals surface area contributed by atoms with Crippen molar-refractivity contribution in [3.05, 3.63) is 23.8 Å². The number of hydrogen-bond acceptors (Lipinski definition) is 4. The monoisotopic (exact) mass is 285 g/mol. The summed E-state index contributed by atoms with van der Waals surface area (Å²) in [7, 11) is 2.15. The lowest BCUT2D eigenvalue weighted by atomic mass is 10.2. The standard InChI is InChI=1S/C15H19N5O/c1-18-7-9-19(10-8-18)15-17-12-4-2-3-11-13(12)20(15)6-5-16-14(11)21/h2-4H,5-10H2,1H3,(H,16,21). The van der Waals surface area contributed by atoms with Crippen LogP contribution in [0.5, 0.6) is 0 Å². The Labute approximate surface area is 123 Å². The van der Waals surface area contributed by atoms with Gasteiger partial charge in [0.15, 0.2) is 0 Å². The summed E-state index contributed by atoms with van der Waals surface area (Å²) in [6.45, 7) is 5.49. The maximum Gasteiger partial charge on any atom is 0.253 e. The molecule has 2 aromatic rings. The number of nitrogens with one attached hydrogen (secondary N) is 1. The second-order valence-corrected chi connectivity index (χ2v) is 5.78. The van der Waals surface area contributed by atoms with Gasteiger partial charge >= 0.3 is 0 Å². The Balaban J connectivity index is 1.85. The van der Waals surface area contributed by atoms with Gasteiger partial charge in [-0.25, -0.2) is 4.98 Å². The van der Waals surface area contributed by atoms with Gasteiger partial charge in [-0.3, -0.25) is 4.79 Å². The van der Waals surface area contributed by atoms with Crippen LogP contribution in [-0.2, 0) is 6.54 Å². The second-order valence-electron chi connectivity index (χ2n) is 5.78. The lowest BCUT2D eigenvalue weighted by Gasteiger charge is -2.33. The van der Waals surface area contributed by atoms with E-state index in [1.165, 1.54) is 0 Å². The molecule has 0 saturated carbocycles. The molecule has 1 fully saturated rings. The Morgan fingerprint density at radius 2 is 1.95 bits per heavy atom. The van der Waals surface area contributed by atoms with Crippen LogP contribution in [0.4, 0.5) is 5.95 Å². The van der Waals surface area contributed by atoms with Crippen LogP contribution in [0.1, 0.15) is 10.4 Å². The smallest absolute Gasteiger partial charge is 0.253 e. The van der Waals surface area contributed by atoms with E-state index in [2.05, 4.69) is 26.7 Å². The van der Waals surface area contributed by atoms with E-state index in [0.717, 1.165) is 55.3 Å². The predicted molar refractivity (Wildman–Crippen MR) is 81.8 cm³/mol. The van der Waals surface area contributed by atoms with Gasteiger partial charge in [0.1, 0.15) is 0 Å². The van der Waals surface area contributed by atoms with Gasteiger partial charge in [-0.05, 0) is 19.2 Å². The summed E-state index contributed by atoms with van der Waals surface area (Å²) in [4.78, 5) is 21.6. The topological polar surface area (TPSA) is 53.4 Å². The van der Waals surface area contributed by atoms with E-state index in [4.69, 9.17) is 4.98 Å². The van der Waals surface area contributed by atoms with Crippen molar-refractivity contribution in [3.8, 4) is 0 Å². The Bertz CT molecular complexity index is 699. The molecule has 0 spiro atoms. The molecule has 0 atom stereocenters. The molecule has 1 aromatic heterocycles. The molecule has 0 bridgehead atoms. The van der Waals surface area contributed by atoms with Crippen molar-refractivity contribution in [1.82, 2.24) is 19.8 Å². The van der Waals surface area contributed by atoms with Crippen molar-refractivity contribution >= 4 is 22.9 Å². The largest absolute Gasteiger partial charge is 0.350 e. The van der Waals surface area contributed by atoms with Crippen molar-refractivity contribution in [2.45, 2.75) is 6.54 Å². The molecular formula is C15H19N5O. The molecule has 6 nitrogen and oxygen atoms in total. The predicted octanol–water partition coefficient (Wildman–Crippen LogP) is 0.531. The third-order valence-electron chi connectivity index (χ3n) is 4.40. The molecule has 1 aromatic carbocycles. The highest BCUT2D eigenvalue weighted by Gasteiger charge is 2.25. The first-order valence-electron chi connectivity index (χ1n) is 7.45. The molecule has 4 rings (SSSR count). The van der Waals surface area contributed by atoms with Crippen LogP contribution in [0, 0.1) is 0 Å². The van der Waals surface area contributed by atoms with Crippen LogP contribution in [-0.4, -0.2) is 60.1 Å². The van der Waals surface area contributed by atoms with Gasteiger partial charge in [-0.15, -0.1) is 0 Å². The molecule has 0 radical (unpaired) electrons. The maximum absolute atomic E-state index is 12.1. The molecule has 3 heterocycles. The number of hydrogen-bond donors (Lipinski definition) is 1. The SMILES string of the molecule is CN1CCN(c2nc3cccc4c3n2CCNC4=O)CC1. The average Bonchev–Trinajstić information content (AvgIpc) is 2.77. The van der Waals surface area contributed by atoms with E-state index >= 15 is 0 Å². The zero-order chi connectivity index (χ0) is 14.4. The quantitative estimate of drug-likeness (QED) is 0.830. The van der Waals surface area contributed by atoms with Crippen LogP contribution in [0.25, 0.3) is 11.0 Å². The molecule has 1 amide bonds. The zero-order valence-electron chi connectivity index (χ0n) is 12.2. The first-order chi connectivity index (χ1) is 10.2. The summed E-state index contributed by atoms with van der Waals surface area (Å²) in [6, 6.07) is 5.79. The van der Waals surface area contributed by atoms with E-state index in [0.29, 0.717) is 6.54 Å². The number of benzene rings is 1. The van der Waals surface area contributed by atoms with Crippen LogP contribution in [0.15, 0.2) is 18.2 Å². The number of imidazole rings is 1. The Hall–Kier alpha value is -2.08. The van der Waals surface area contributed by atoms with E-state index in [-0.39, 0.29) is 5.91 Å². The number of aromatic nitrogens is 2. The van der Waals surface area contributed by atoms with Crippen LogP contribution in [0.3, 0.4) is 0 Å². The van der Waals surface area contributed by atoms with Crippen molar-refractivity contribution in [3.63, 3.8) is 0 Å². The highest BCUT2D eigenvalue weighted by molar-refractivity contribution is 6.06. The fourth-order valence-electron chi connectivity index (χ4n) is 3.19. The molecular weight excluding hydrogens is 266 g/mol. The van der Waals surface area contributed by atoms with Gasteiger partial charge in [-0.2, -0.15) is 0 Å². The lowest BCUT2D eigenvalue weighted by molar-refractivity contribution is 0.0956. The van der Waals surface area contributed by atoms with Gasteiger partial charge < -0.3 is 19.7 Å². The minimum Gasteiger partial charge on any atom is -0.350 e. The molecule has 6 heteroatoms. The minimum atomic E-state index is 0.00387. The first-order valence-corrected chi connectivity index (χ1v) is 7.45. The van der Waals surface area contributed by atoms with Gasteiger partial charge in [0.25, 0.3) is 5.91 Å². The van der Waals surface area contributed by atoms with Crippen LogP contribution in [0.2, 0.25) is 0 Å². The molecule has 1 saturated heterocycles. The number of carbonyl (C=O) groups is 1. The van der Waals surface area contributed by atoms with Crippen LogP contribution < -0.4 is 10.2 Å². The number of para-hydroxylation sites is 1. The van der Waals surface area contributed by atoms with Crippen molar-refractivity contribution in [2.75, 3.05) is 44.7 Å². The zero-order valence-corrected chi connectivity index (χ0v) is 12.2. The second kappa shape index (κ2) is 4.73. The van der Waals surface area contributed by atoms with Gasteiger partial charge in [0.2, 0.25) is 5.95 Å². The summed E-state index contributed by atoms with van der Waals surface area (Å²) in [5, 5.41) is 2.96. The fourth-order valence-corrected chi connectivity index (χ4v) is 3.19. The van der Waals surface area contributed by atoms with Gasteiger partial charge in [-0.1, -0.05) is 6.07 Å². The summed E-state index contributed by atoms with van der Waals surface area (Å²) in [5.74, 6) is 1.01. The summed E-state index contributed by atoms with van der Waals surface area (Å²) >= 11 is 0. The van der Waals surface area contributed by atoms with E-state index < -0.39 is 0 Å². The lowest BCUT2D eigenvalue weighted by Crippen LogP contribution is -2.45. The number of anilines is 1. The molecule has 0 aliphatic carbocycles. The number of likely N-dealkylation sites (N-methyl/N-ethyl adjacent to an activating group) is 1. The highest BCUT2D eigenvalue weighted by Crippen LogP contribution is 2.27. The third kappa shape index (κ3) is 1.98. The molecule has 110 valence electrons. The number of piperazine rings is 1. The normalized spacial score (nSPS) is 19.7. The first kappa shape index (κ1) is 12.6. The fraction of sp³-hybridized carbons (Fsp3) is 0.467. The van der Waals surface area contributed by atoms with E-state index in [1.807, 2.05) is 18.2 Å². The Kier molecular flexibility index (Phi) is 2.85. The summed E-state index contributed by atoms with van der Waals surface area (Å²) < 4.78 is 2.20. The minimum absolute atomic E-state index is 0.00387. The molecule has 0 unspecified atom stereocenters. The van der Waals surface area contributed by atoms with Gasteiger partial charge in [0, 0.05) is 39.3 Å². The van der Waals surface area contributed by atoms with Gasteiger partial charge in [0.05, 0.1) is 16.6 Å². The van der Waals surface area contributed by atoms with Crippen molar-refractivity contribution in [2.24, 2.45) is 0 Å². The van der Waals surface area contributed by atoms with E-state index in [9.17, 15) is 4.79 Å². The highest BCUT2D eigenvalue weighted by atomic mass is 16.1. The van der Waals surface area contributed by atoms with E-state index in [1.54, 1.807) is 0 Å². The Morgan fingerprint density at radius 3 is 2.76 bits per heavy atom. The molecule has 2 aliphatic rings. The third-order valence-corrected chi connectivity index (χ3v) is 4.40. The van der Waals surface area contributed by atoms with Crippen molar-refractivity contribution < 1.29 is 4.79 Å². The maximum atomic E-state index is 12.1. The molecule has 1 N–H and O–H groups in total. The number of nitrogens with zero attached hydrogens (tertiary/aromatic N) is 4. The van der Waals surface area contributed by atoms with Crippen LogP contribution >= 0.6 is 0 Å². The number of amides is 1. The summed E-state index contributed by atoms with van der Waals surface area (Å²) in [6.07, 6.45) is 0. The number of rotatable bonds is 1.